The Morgan fingerprint density at radius 1 is 0.519 bits per heavy atom. The first-order valence-electron chi connectivity index (χ1n) is 13.3. The Balaban J connectivity index is -0.000000736. The summed E-state index contributed by atoms with van der Waals surface area (Å²) in [4.78, 5) is 32.3. The molecule has 0 aromatic rings. The van der Waals surface area contributed by atoms with E-state index in [0.717, 1.165) is 0 Å². The van der Waals surface area contributed by atoms with Crippen molar-refractivity contribution < 1.29 is 107 Å². The second kappa shape index (κ2) is 19.7. The monoisotopic (exact) mass is 834 g/mol. The topological polar surface area (TPSA) is 158 Å². The normalized spacial score (nSPS) is 13.0. The van der Waals surface area contributed by atoms with E-state index in [1.54, 1.807) is 0 Å². The summed E-state index contributed by atoms with van der Waals surface area (Å²) in [5, 5.41) is 8.23. The standard InChI is InChI=1S/C11H13F7O4S.C8H10O3.C7H9F7O3S/c1-7(2)8(19)22-4-6-23(20,21)5-3-9(12,10(13,14)15)11(16,17)18;1-5(2)7(9)11-8(10)6(3)4;8-5(6(9,10)11,7(12,13)14)1-3-18(16,17)4-2-15/h1,3-6H2,2H3;1,3H2,2,4H3;15H,1-4H2. The lowest BCUT2D eigenvalue weighted by molar-refractivity contribution is -0.342. The Morgan fingerprint density at radius 3 is 1.02 bits per heavy atom. The highest BCUT2D eigenvalue weighted by atomic mass is 32.2. The van der Waals surface area contributed by atoms with E-state index in [0.29, 0.717) is 0 Å². The summed E-state index contributed by atoms with van der Waals surface area (Å²) in [5.41, 5.74) is -10.9. The summed E-state index contributed by atoms with van der Waals surface area (Å²) >= 11 is 0. The summed E-state index contributed by atoms with van der Waals surface area (Å²) in [5.74, 6) is -7.85. The molecule has 0 saturated heterocycles. The predicted molar refractivity (Wildman–Crippen MR) is 152 cm³/mol. The number of esters is 3. The highest BCUT2D eigenvalue weighted by Crippen LogP contribution is 2.49. The van der Waals surface area contributed by atoms with Gasteiger partial charge in [0.1, 0.15) is 6.61 Å². The molecule has 0 atom stereocenters. The van der Waals surface area contributed by atoms with Crippen molar-refractivity contribution in [2.45, 2.75) is 69.7 Å². The van der Waals surface area contributed by atoms with E-state index in [1.807, 2.05) is 0 Å². The van der Waals surface area contributed by atoms with Crippen molar-refractivity contribution >= 4 is 37.6 Å². The molecule has 0 aliphatic carbocycles. The summed E-state index contributed by atoms with van der Waals surface area (Å²) in [6.45, 7) is 12.2. The smallest absolute Gasteiger partial charge is 0.431 e. The number of alkyl halides is 14. The molecule has 10 nitrogen and oxygen atoms in total. The van der Waals surface area contributed by atoms with Crippen LogP contribution in [-0.2, 0) is 43.5 Å². The Kier molecular flexibility index (Phi) is 20.1. The van der Waals surface area contributed by atoms with Crippen molar-refractivity contribution in [2.75, 3.05) is 36.2 Å². The summed E-state index contributed by atoms with van der Waals surface area (Å²) in [6, 6.07) is 0. The zero-order chi connectivity index (χ0) is 42.5. The van der Waals surface area contributed by atoms with Crippen molar-refractivity contribution in [1.82, 2.24) is 0 Å². The van der Waals surface area contributed by atoms with Gasteiger partial charge in [0.05, 0.1) is 29.6 Å². The third-order valence-electron chi connectivity index (χ3n) is 5.57. The number of carbonyl (C=O) groups excluding carboxylic acids is 3. The van der Waals surface area contributed by atoms with Gasteiger partial charge >= 0.3 is 42.6 Å². The first-order valence-corrected chi connectivity index (χ1v) is 17.0. The van der Waals surface area contributed by atoms with Gasteiger partial charge < -0.3 is 14.6 Å². The van der Waals surface area contributed by atoms with Gasteiger partial charge in [-0.1, -0.05) is 19.7 Å². The van der Waals surface area contributed by atoms with Crippen LogP contribution in [0.4, 0.5) is 61.5 Å². The van der Waals surface area contributed by atoms with Crippen LogP contribution < -0.4 is 0 Å². The van der Waals surface area contributed by atoms with Crippen LogP contribution >= 0.6 is 0 Å². The fourth-order valence-corrected chi connectivity index (χ4v) is 4.68. The highest BCUT2D eigenvalue weighted by molar-refractivity contribution is 7.91. The van der Waals surface area contributed by atoms with Crippen molar-refractivity contribution in [2.24, 2.45) is 0 Å². The summed E-state index contributed by atoms with van der Waals surface area (Å²) in [6.07, 6.45) is -29.8. The molecule has 0 aromatic heterocycles. The fraction of sp³-hybridized carbons (Fsp3) is 0.654. The van der Waals surface area contributed by atoms with Crippen LogP contribution in [0.3, 0.4) is 0 Å². The van der Waals surface area contributed by atoms with E-state index >= 15 is 0 Å². The molecule has 0 spiro atoms. The molecule has 0 bridgehead atoms. The lowest BCUT2D eigenvalue weighted by Gasteiger charge is -2.29. The molecule has 306 valence electrons. The van der Waals surface area contributed by atoms with Gasteiger partial charge in [0.15, 0.2) is 19.7 Å². The second-order valence-corrected chi connectivity index (χ2v) is 14.9. The van der Waals surface area contributed by atoms with Gasteiger partial charge in [-0.2, -0.15) is 52.7 Å². The lowest BCUT2D eigenvalue weighted by atomic mass is 10.0. The first kappa shape index (κ1) is 53.1. The summed E-state index contributed by atoms with van der Waals surface area (Å²) in [7, 11) is -8.88. The molecule has 0 saturated carbocycles. The van der Waals surface area contributed by atoms with E-state index in [4.69, 9.17) is 5.11 Å². The van der Waals surface area contributed by atoms with E-state index in [-0.39, 0.29) is 16.7 Å². The second-order valence-electron chi connectivity index (χ2n) is 10.3. The molecular weight excluding hydrogens is 802 g/mol. The summed E-state index contributed by atoms with van der Waals surface area (Å²) < 4.78 is 225. The van der Waals surface area contributed by atoms with Gasteiger partial charge in [0, 0.05) is 29.6 Å². The molecular formula is C26H32F14O10S2. The van der Waals surface area contributed by atoms with Crippen LogP contribution in [0.25, 0.3) is 0 Å². The van der Waals surface area contributed by atoms with Crippen LogP contribution in [0.5, 0.6) is 0 Å². The van der Waals surface area contributed by atoms with Crippen molar-refractivity contribution in [3.8, 4) is 0 Å². The minimum absolute atomic E-state index is 0.0840. The number of ether oxygens (including phenoxy) is 2. The van der Waals surface area contributed by atoms with Crippen molar-refractivity contribution in [1.29, 1.82) is 0 Å². The van der Waals surface area contributed by atoms with Gasteiger partial charge in [-0.15, -0.1) is 0 Å². The molecule has 0 aliphatic rings. The molecule has 0 amide bonds. The number of aliphatic hydroxyl groups is 1. The van der Waals surface area contributed by atoms with Crippen LogP contribution in [0.15, 0.2) is 36.5 Å². The molecule has 0 fully saturated rings. The molecule has 0 heterocycles. The Bertz CT molecular complexity index is 1440. The fourth-order valence-electron chi connectivity index (χ4n) is 2.47. The molecule has 26 heteroatoms. The quantitative estimate of drug-likeness (QED) is 0.102. The average molecular weight is 835 g/mol. The minimum Gasteiger partial charge on any atom is -0.461 e. The Hall–Kier alpha value is -3.29. The van der Waals surface area contributed by atoms with E-state index in [9.17, 15) is 92.7 Å². The Labute approximate surface area is 287 Å². The minimum atomic E-state index is -6.31. The maximum Gasteiger partial charge on any atom is 0.431 e. The number of halogens is 14. The molecule has 0 radical (unpaired) electrons. The van der Waals surface area contributed by atoms with Gasteiger partial charge in [-0.25, -0.2) is 40.0 Å². The SMILES string of the molecule is C=C(C)C(=O)OC(=O)C(=C)C.C=C(C)C(=O)OCCS(=O)(=O)CCC(F)(C(F)(F)F)C(F)(F)F.O=S(=O)(CCO)CCC(F)(C(F)(F)F)C(F)(F)F. The number of sulfone groups is 2. The largest absolute Gasteiger partial charge is 0.461 e. The van der Waals surface area contributed by atoms with Gasteiger partial charge in [0.25, 0.3) is 11.3 Å². The average Bonchev–Trinajstić information content (AvgIpc) is 2.92. The number of carbonyl (C=O) groups is 3. The molecule has 0 aromatic carbocycles. The lowest BCUT2D eigenvalue weighted by Crippen LogP contribution is -2.54. The maximum absolute atomic E-state index is 13.3. The van der Waals surface area contributed by atoms with E-state index in [2.05, 4.69) is 29.2 Å². The highest BCUT2D eigenvalue weighted by Gasteiger charge is 2.73. The van der Waals surface area contributed by atoms with Gasteiger partial charge in [0.2, 0.25) is 0 Å². The zero-order valence-electron chi connectivity index (χ0n) is 27.0. The van der Waals surface area contributed by atoms with Crippen LogP contribution in [0.2, 0.25) is 0 Å². The maximum atomic E-state index is 13.3. The van der Waals surface area contributed by atoms with Gasteiger partial charge in [-0.05, 0) is 20.8 Å². The van der Waals surface area contributed by atoms with Crippen LogP contribution in [0, 0.1) is 0 Å². The Morgan fingerprint density at radius 2 is 0.788 bits per heavy atom. The third kappa shape index (κ3) is 18.0. The number of rotatable bonds is 14. The molecule has 0 rings (SSSR count). The van der Waals surface area contributed by atoms with Crippen LogP contribution in [-0.4, -0.2) is 112 Å². The van der Waals surface area contributed by atoms with E-state index < -0.39 is 123 Å². The molecule has 1 N–H and O–H groups in total. The molecule has 0 aliphatic heterocycles. The van der Waals surface area contributed by atoms with Crippen LogP contribution in [0.1, 0.15) is 33.6 Å². The first-order chi connectivity index (χ1) is 22.7. The zero-order valence-corrected chi connectivity index (χ0v) is 28.6. The third-order valence-corrected chi connectivity index (χ3v) is 8.82. The van der Waals surface area contributed by atoms with Gasteiger partial charge in [-0.3, -0.25) is 0 Å². The predicted octanol–water partition coefficient (Wildman–Crippen LogP) is 5.57. The number of hydrogen-bond acceptors (Lipinski definition) is 10. The van der Waals surface area contributed by atoms with Crippen molar-refractivity contribution in [3.63, 3.8) is 0 Å². The van der Waals surface area contributed by atoms with Crippen molar-refractivity contribution in [3.05, 3.63) is 36.5 Å². The molecule has 0 unspecified atom stereocenters. The molecule has 52 heavy (non-hydrogen) atoms. The number of hydrogen-bond donors (Lipinski definition) is 1. The van der Waals surface area contributed by atoms with E-state index in [1.165, 1.54) is 20.8 Å². The number of aliphatic hydroxyl groups excluding tert-OH is 1.